The molecule has 0 aliphatic carbocycles. The normalized spacial score (nSPS) is 11.6. The van der Waals surface area contributed by atoms with E-state index in [-0.39, 0.29) is 5.97 Å². The highest BCUT2D eigenvalue weighted by molar-refractivity contribution is 5.79. The Labute approximate surface area is 136 Å². The van der Waals surface area contributed by atoms with Gasteiger partial charge in [-0.1, -0.05) is 39.5 Å². The van der Waals surface area contributed by atoms with Crippen LogP contribution in [0, 0.1) is 5.92 Å². The number of nitrogens with one attached hydrogen (secondary N) is 2. The number of nitrogens with zero attached hydrogens (tertiary/aromatic N) is 1. The summed E-state index contributed by atoms with van der Waals surface area (Å²) >= 11 is 0. The first-order chi connectivity index (χ1) is 10.7. The van der Waals surface area contributed by atoms with E-state index in [1.54, 1.807) is 0 Å². The maximum atomic E-state index is 11.0. The Morgan fingerprint density at radius 3 is 2.32 bits per heavy atom. The van der Waals surface area contributed by atoms with Crippen molar-refractivity contribution in [3.8, 4) is 0 Å². The molecule has 0 aliphatic heterocycles. The van der Waals surface area contributed by atoms with E-state index in [4.69, 9.17) is 0 Å². The fourth-order valence-electron chi connectivity index (χ4n) is 2.17. The van der Waals surface area contributed by atoms with Gasteiger partial charge in [0.15, 0.2) is 5.96 Å². The highest BCUT2D eigenvalue weighted by Crippen LogP contribution is 2.07. The van der Waals surface area contributed by atoms with Crippen LogP contribution in [0.2, 0.25) is 0 Å². The summed E-state index contributed by atoms with van der Waals surface area (Å²) in [6.45, 7) is 9.22. The topological polar surface area (TPSA) is 62.7 Å². The molecule has 0 aliphatic rings. The minimum Gasteiger partial charge on any atom is -0.469 e. The molecule has 0 atom stereocenters. The van der Waals surface area contributed by atoms with Gasteiger partial charge in [0.1, 0.15) is 0 Å². The van der Waals surface area contributed by atoms with Crippen molar-refractivity contribution in [2.45, 2.75) is 65.7 Å². The predicted octanol–water partition coefficient (Wildman–Crippen LogP) is 3.10. The van der Waals surface area contributed by atoms with Crippen molar-refractivity contribution in [3.05, 3.63) is 0 Å². The van der Waals surface area contributed by atoms with Gasteiger partial charge in [-0.2, -0.15) is 0 Å². The van der Waals surface area contributed by atoms with Gasteiger partial charge in [0.25, 0.3) is 0 Å². The predicted molar refractivity (Wildman–Crippen MR) is 93.2 cm³/mol. The zero-order valence-corrected chi connectivity index (χ0v) is 14.9. The number of aliphatic imine (C=N–C) groups is 1. The first kappa shape index (κ1) is 20.7. The first-order valence-electron chi connectivity index (χ1n) is 8.76. The molecule has 0 fully saturated rings. The van der Waals surface area contributed by atoms with Crippen molar-refractivity contribution in [2.24, 2.45) is 10.9 Å². The molecule has 5 nitrogen and oxygen atoms in total. The first-order valence-corrected chi connectivity index (χ1v) is 8.76. The van der Waals surface area contributed by atoms with Crippen LogP contribution in [0.3, 0.4) is 0 Å². The molecular weight excluding hydrogens is 278 g/mol. The maximum Gasteiger partial charge on any atom is 0.305 e. The van der Waals surface area contributed by atoms with Crippen molar-refractivity contribution >= 4 is 11.9 Å². The zero-order chi connectivity index (χ0) is 16.6. The van der Waals surface area contributed by atoms with E-state index >= 15 is 0 Å². The van der Waals surface area contributed by atoms with E-state index < -0.39 is 0 Å². The van der Waals surface area contributed by atoms with Gasteiger partial charge in [-0.05, 0) is 25.7 Å². The highest BCUT2D eigenvalue weighted by atomic mass is 16.5. The van der Waals surface area contributed by atoms with Gasteiger partial charge in [-0.25, -0.2) is 0 Å². The molecule has 5 heteroatoms. The third-order valence-corrected chi connectivity index (χ3v) is 3.83. The Bertz CT molecular complexity index is 302. The van der Waals surface area contributed by atoms with Gasteiger partial charge in [0.2, 0.25) is 0 Å². The van der Waals surface area contributed by atoms with Crippen LogP contribution in [-0.2, 0) is 9.53 Å². The molecule has 0 bridgehead atoms. The van der Waals surface area contributed by atoms with E-state index in [1.165, 1.54) is 20.0 Å². The molecule has 0 aromatic rings. The minimum absolute atomic E-state index is 0.110. The average molecular weight is 313 g/mol. The molecule has 0 aromatic carbocycles. The van der Waals surface area contributed by atoms with Gasteiger partial charge in [-0.15, -0.1) is 0 Å². The molecule has 2 N–H and O–H groups in total. The van der Waals surface area contributed by atoms with Gasteiger partial charge in [-0.3, -0.25) is 9.79 Å². The SMILES string of the molecule is CCNC(=NCC(CC)CC)NCCCCCCC(=O)OC. The van der Waals surface area contributed by atoms with Crippen molar-refractivity contribution < 1.29 is 9.53 Å². The summed E-state index contributed by atoms with van der Waals surface area (Å²) in [6.07, 6.45) is 7.09. The number of hydrogen-bond acceptors (Lipinski definition) is 3. The standard InChI is InChI=1S/C17H35N3O2/c1-5-15(6-2)14-20-17(18-7-3)19-13-11-9-8-10-12-16(21)22-4/h15H,5-14H2,1-4H3,(H2,18,19,20). The van der Waals surface area contributed by atoms with Gasteiger partial charge in [0.05, 0.1) is 7.11 Å². The molecule has 0 saturated carbocycles. The fraction of sp³-hybridized carbons (Fsp3) is 0.882. The Kier molecular flexibility index (Phi) is 13.8. The van der Waals surface area contributed by atoms with E-state index in [0.29, 0.717) is 12.3 Å². The highest BCUT2D eigenvalue weighted by Gasteiger charge is 2.03. The summed E-state index contributed by atoms with van der Waals surface area (Å²) in [5.41, 5.74) is 0. The average Bonchev–Trinajstić information content (AvgIpc) is 2.54. The molecule has 0 spiro atoms. The van der Waals surface area contributed by atoms with Crippen molar-refractivity contribution in [1.29, 1.82) is 0 Å². The second-order valence-electron chi connectivity index (χ2n) is 5.57. The number of guanidine groups is 1. The number of ether oxygens (including phenoxy) is 1. The quantitative estimate of drug-likeness (QED) is 0.251. The lowest BCUT2D eigenvalue weighted by Crippen LogP contribution is -2.38. The van der Waals surface area contributed by atoms with Crippen molar-refractivity contribution in [1.82, 2.24) is 10.6 Å². The van der Waals surface area contributed by atoms with Crippen LogP contribution in [0.5, 0.6) is 0 Å². The Morgan fingerprint density at radius 2 is 1.73 bits per heavy atom. The van der Waals surface area contributed by atoms with Crippen LogP contribution >= 0.6 is 0 Å². The van der Waals surface area contributed by atoms with E-state index in [1.807, 2.05) is 0 Å². The lowest BCUT2D eigenvalue weighted by Gasteiger charge is -2.13. The summed E-state index contributed by atoms with van der Waals surface area (Å²) in [5.74, 6) is 1.49. The second-order valence-corrected chi connectivity index (χ2v) is 5.57. The molecule has 0 amide bonds. The molecule has 0 aromatic heterocycles. The fourth-order valence-corrected chi connectivity index (χ4v) is 2.17. The molecular formula is C17H35N3O2. The lowest BCUT2D eigenvalue weighted by atomic mass is 10.0. The van der Waals surface area contributed by atoms with Crippen LogP contribution in [0.4, 0.5) is 0 Å². The molecule has 130 valence electrons. The Hall–Kier alpha value is -1.26. The van der Waals surface area contributed by atoms with Gasteiger partial charge >= 0.3 is 5.97 Å². The third-order valence-electron chi connectivity index (χ3n) is 3.83. The van der Waals surface area contributed by atoms with Gasteiger partial charge in [0, 0.05) is 26.1 Å². The largest absolute Gasteiger partial charge is 0.469 e. The zero-order valence-electron chi connectivity index (χ0n) is 14.9. The summed E-state index contributed by atoms with van der Waals surface area (Å²) in [4.78, 5) is 15.6. The van der Waals surface area contributed by atoms with Crippen molar-refractivity contribution in [2.75, 3.05) is 26.7 Å². The van der Waals surface area contributed by atoms with E-state index in [2.05, 4.69) is 41.1 Å². The Balaban J connectivity index is 3.81. The number of esters is 1. The van der Waals surface area contributed by atoms with Crippen LogP contribution in [-0.4, -0.2) is 38.7 Å². The van der Waals surface area contributed by atoms with Gasteiger partial charge < -0.3 is 15.4 Å². The maximum absolute atomic E-state index is 11.0. The number of carbonyl (C=O) groups is 1. The summed E-state index contributed by atoms with van der Waals surface area (Å²) < 4.78 is 4.63. The van der Waals surface area contributed by atoms with E-state index in [0.717, 1.165) is 51.3 Å². The third kappa shape index (κ3) is 11.4. The van der Waals surface area contributed by atoms with Crippen molar-refractivity contribution in [3.63, 3.8) is 0 Å². The van der Waals surface area contributed by atoms with Crippen LogP contribution < -0.4 is 10.6 Å². The van der Waals surface area contributed by atoms with Crippen LogP contribution in [0.25, 0.3) is 0 Å². The molecule has 0 saturated heterocycles. The monoisotopic (exact) mass is 313 g/mol. The number of unbranched alkanes of at least 4 members (excludes halogenated alkanes) is 3. The van der Waals surface area contributed by atoms with E-state index in [9.17, 15) is 4.79 Å². The second kappa shape index (κ2) is 14.7. The molecule has 22 heavy (non-hydrogen) atoms. The lowest BCUT2D eigenvalue weighted by molar-refractivity contribution is -0.140. The molecule has 0 radical (unpaired) electrons. The smallest absolute Gasteiger partial charge is 0.305 e. The van der Waals surface area contributed by atoms with Crippen LogP contribution in [0.1, 0.15) is 65.7 Å². The molecule has 0 heterocycles. The summed E-state index contributed by atoms with van der Waals surface area (Å²) in [7, 11) is 1.44. The summed E-state index contributed by atoms with van der Waals surface area (Å²) in [6, 6.07) is 0. The summed E-state index contributed by atoms with van der Waals surface area (Å²) in [5, 5.41) is 6.67. The number of methoxy groups -OCH3 is 1. The molecule has 0 rings (SSSR count). The number of hydrogen-bond donors (Lipinski definition) is 2. The Morgan fingerprint density at radius 1 is 1.05 bits per heavy atom. The van der Waals surface area contributed by atoms with Crippen LogP contribution in [0.15, 0.2) is 4.99 Å². The number of carbonyl (C=O) groups excluding carboxylic acids is 1. The molecule has 0 unspecified atom stereocenters. The number of rotatable bonds is 12. The minimum atomic E-state index is -0.110.